The van der Waals surface area contributed by atoms with Crippen LogP contribution in [0, 0.1) is 0 Å². The van der Waals surface area contributed by atoms with Crippen molar-refractivity contribution >= 4 is 40.9 Å². The van der Waals surface area contributed by atoms with Gasteiger partial charge < -0.3 is 11.1 Å². The smallest absolute Gasteiger partial charge is 0.255 e. The molecule has 0 aliphatic carbocycles. The van der Waals surface area contributed by atoms with Crippen LogP contribution in [0.25, 0.3) is 10.9 Å². The Bertz CT molecular complexity index is 849. The van der Waals surface area contributed by atoms with Gasteiger partial charge in [-0.3, -0.25) is 4.79 Å². The molecule has 0 unspecified atom stereocenters. The lowest BCUT2D eigenvalue weighted by Crippen LogP contribution is -2.11. The van der Waals surface area contributed by atoms with Crippen molar-refractivity contribution in [2.24, 2.45) is 0 Å². The first-order chi connectivity index (χ1) is 11.2. The third kappa shape index (κ3) is 4.00. The van der Waals surface area contributed by atoms with Crippen molar-refractivity contribution in [3.05, 3.63) is 59.8 Å². The number of nitrogens with zero attached hydrogens (tertiary/aromatic N) is 2. The number of aryl methyl sites for hydroxylation is 1. The van der Waals surface area contributed by atoms with E-state index in [1.165, 1.54) is 5.56 Å². The number of nitrogens with one attached hydrogen (secondary N) is 1. The molecule has 3 N–H and O–H groups in total. The number of carbonyl (C=O) groups excluding carboxylic acids is 1. The number of nitrogens with two attached hydrogens (primary N) is 1. The van der Waals surface area contributed by atoms with Crippen LogP contribution in [0.15, 0.2) is 48.7 Å². The molecule has 0 aliphatic rings. The third-order valence-corrected chi connectivity index (χ3v) is 3.61. The lowest BCUT2D eigenvalue weighted by Gasteiger charge is -2.07. The molecular weight excluding hydrogens is 324 g/mol. The number of benzene rings is 2. The summed E-state index contributed by atoms with van der Waals surface area (Å²) in [6.45, 7) is 2.14. The van der Waals surface area contributed by atoms with E-state index >= 15 is 0 Å². The molecule has 1 amide bonds. The summed E-state index contributed by atoms with van der Waals surface area (Å²) < 4.78 is 0. The Labute approximate surface area is 146 Å². The summed E-state index contributed by atoms with van der Waals surface area (Å²) in [5.74, 6) is 0.102. The SMILES string of the molecule is CCCc1ccc(C(=O)Nc2ccc3nc(N)ncc3c2)cc1.Cl. The first-order valence-electron chi connectivity index (χ1n) is 7.58. The Morgan fingerprint density at radius 2 is 1.92 bits per heavy atom. The Morgan fingerprint density at radius 3 is 2.62 bits per heavy atom. The zero-order valence-corrected chi connectivity index (χ0v) is 14.1. The van der Waals surface area contributed by atoms with Gasteiger partial charge in [0.15, 0.2) is 0 Å². The zero-order chi connectivity index (χ0) is 16.2. The Hall–Kier alpha value is -2.66. The van der Waals surface area contributed by atoms with E-state index in [2.05, 4.69) is 22.2 Å². The number of anilines is 2. The van der Waals surface area contributed by atoms with E-state index in [0.29, 0.717) is 11.3 Å². The number of hydrogen-bond acceptors (Lipinski definition) is 4. The minimum Gasteiger partial charge on any atom is -0.368 e. The van der Waals surface area contributed by atoms with Crippen molar-refractivity contribution in [2.45, 2.75) is 19.8 Å². The first kappa shape index (κ1) is 17.7. The number of amides is 1. The molecule has 0 saturated heterocycles. The fourth-order valence-corrected chi connectivity index (χ4v) is 2.44. The van der Waals surface area contributed by atoms with Crippen LogP contribution in [0.5, 0.6) is 0 Å². The van der Waals surface area contributed by atoms with Gasteiger partial charge in [-0.25, -0.2) is 9.97 Å². The molecule has 5 nitrogen and oxygen atoms in total. The maximum atomic E-state index is 12.3. The third-order valence-electron chi connectivity index (χ3n) is 3.61. The largest absolute Gasteiger partial charge is 0.368 e. The predicted molar refractivity (Wildman–Crippen MR) is 99.6 cm³/mol. The fourth-order valence-electron chi connectivity index (χ4n) is 2.44. The van der Waals surface area contributed by atoms with Crippen LogP contribution < -0.4 is 11.1 Å². The van der Waals surface area contributed by atoms with Gasteiger partial charge in [0.1, 0.15) is 0 Å². The molecule has 0 atom stereocenters. The van der Waals surface area contributed by atoms with Gasteiger partial charge in [0.05, 0.1) is 5.52 Å². The number of halogens is 1. The maximum Gasteiger partial charge on any atom is 0.255 e. The summed E-state index contributed by atoms with van der Waals surface area (Å²) in [5, 5.41) is 3.72. The van der Waals surface area contributed by atoms with E-state index in [9.17, 15) is 4.79 Å². The molecule has 3 rings (SSSR count). The highest BCUT2D eigenvalue weighted by Crippen LogP contribution is 2.18. The second-order valence-corrected chi connectivity index (χ2v) is 5.40. The van der Waals surface area contributed by atoms with Gasteiger partial charge in [0, 0.05) is 22.8 Å². The van der Waals surface area contributed by atoms with Crippen molar-refractivity contribution in [1.82, 2.24) is 9.97 Å². The lowest BCUT2D eigenvalue weighted by atomic mass is 10.1. The number of hydrogen-bond donors (Lipinski definition) is 2. The monoisotopic (exact) mass is 342 g/mol. The van der Waals surface area contributed by atoms with Crippen LogP contribution >= 0.6 is 12.4 Å². The van der Waals surface area contributed by atoms with Crippen LogP contribution in [0.3, 0.4) is 0 Å². The van der Waals surface area contributed by atoms with E-state index in [-0.39, 0.29) is 24.3 Å². The average Bonchev–Trinajstić information content (AvgIpc) is 2.56. The van der Waals surface area contributed by atoms with Crippen molar-refractivity contribution in [2.75, 3.05) is 11.1 Å². The molecular formula is C18H19ClN4O. The molecule has 0 spiro atoms. The Balaban J connectivity index is 0.00000208. The van der Waals surface area contributed by atoms with E-state index in [0.717, 1.165) is 23.7 Å². The highest BCUT2D eigenvalue weighted by molar-refractivity contribution is 6.05. The minimum atomic E-state index is -0.135. The van der Waals surface area contributed by atoms with Gasteiger partial charge in [-0.15, -0.1) is 12.4 Å². The van der Waals surface area contributed by atoms with Gasteiger partial charge >= 0.3 is 0 Å². The van der Waals surface area contributed by atoms with E-state index < -0.39 is 0 Å². The standard InChI is InChI=1S/C18H18N4O.ClH/c1-2-3-12-4-6-13(7-5-12)17(23)21-15-8-9-16-14(10-15)11-20-18(19)22-16;/h4-11H,2-3H2,1H3,(H,21,23)(H2,19,20,22);1H. The Kier molecular flexibility index (Phi) is 5.71. The van der Waals surface area contributed by atoms with Crippen LogP contribution in [0.4, 0.5) is 11.6 Å². The Morgan fingerprint density at radius 1 is 1.17 bits per heavy atom. The highest BCUT2D eigenvalue weighted by atomic mass is 35.5. The summed E-state index contributed by atoms with van der Waals surface area (Å²) in [6.07, 6.45) is 3.76. The van der Waals surface area contributed by atoms with Crippen molar-refractivity contribution in [3.63, 3.8) is 0 Å². The predicted octanol–water partition coefficient (Wildman–Crippen LogP) is 3.84. The van der Waals surface area contributed by atoms with Crippen LogP contribution in [-0.2, 0) is 6.42 Å². The average molecular weight is 343 g/mol. The van der Waals surface area contributed by atoms with Gasteiger partial charge in [0.25, 0.3) is 5.91 Å². The van der Waals surface area contributed by atoms with E-state index in [4.69, 9.17) is 5.73 Å². The van der Waals surface area contributed by atoms with Gasteiger partial charge in [-0.2, -0.15) is 0 Å². The summed E-state index contributed by atoms with van der Waals surface area (Å²) in [4.78, 5) is 20.4. The second kappa shape index (κ2) is 7.75. The highest BCUT2D eigenvalue weighted by Gasteiger charge is 2.07. The van der Waals surface area contributed by atoms with Crippen LogP contribution in [0.2, 0.25) is 0 Å². The first-order valence-corrected chi connectivity index (χ1v) is 7.58. The van der Waals surface area contributed by atoms with Gasteiger partial charge in [-0.1, -0.05) is 25.5 Å². The number of rotatable bonds is 4. The number of fused-ring (bicyclic) bond motifs is 1. The molecule has 6 heteroatoms. The number of aromatic nitrogens is 2. The van der Waals surface area contributed by atoms with Crippen molar-refractivity contribution < 1.29 is 4.79 Å². The van der Waals surface area contributed by atoms with Crippen LogP contribution in [-0.4, -0.2) is 15.9 Å². The second-order valence-electron chi connectivity index (χ2n) is 5.40. The molecule has 0 fully saturated rings. The summed E-state index contributed by atoms with van der Waals surface area (Å²) >= 11 is 0. The molecule has 1 heterocycles. The van der Waals surface area contributed by atoms with Gasteiger partial charge in [-0.05, 0) is 42.3 Å². The van der Waals surface area contributed by atoms with Crippen molar-refractivity contribution in [3.8, 4) is 0 Å². The van der Waals surface area contributed by atoms with E-state index in [1.54, 1.807) is 12.3 Å². The summed E-state index contributed by atoms with van der Waals surface area (Å²) in [6, 6.07) is 13.1. The van der Waals surface area contributed by atoms with Gasteiger partial charge in [0.2, 0.25) is 5.95 Å². The summed E-state index contributed by atoms with van der Waals surface area (Å²) in [5.41, 5.74) is 8.89. The molecule has 24 heavy (non-hydrogen) atoms. The van der Waals surface area contributed by atoms with Crippen molar-refractivity contribution in [1.29, 1.82) is 0 Å². The summed E-state index contributed by atoms with van der Waals surface area (Å²) in [7, 11) is 0. The zero-order valence-electron chi connectivity index (χ0n) is 13.3. The molecule has 1 aromatic heterocycles. The number of nitrogen functional groups attached to an aromatic ring is 1. The van der Waals surface area contributed by atoms with E-state index in [1.807, 2.05) is 36.4 Å². The minimum absolute atomic E-state index is 0. The quantitative estimate of drug-likeness (QED) is 0.754. The maximum absolute atomic E-state index is 12.3. The normalized spacial score (nSPS) is 10.2. The molecule has 0 aliphatic heterocycles. The fraction of sp³-hybridized carbons (Fsp3) is 0.167. The molecule has 0 saturated carbocycles. The molecule has 0 radical (unpaired) electrons. The topological polar surface area (TPSA) is 80.9 Å². The lowest BCUT2D eigenvalue weighted by molar-refractivity contribution is 0.102. The number of carbonyl (C=O) groups is 1. The molecule has 3 aromatic rings. The molecule has 2 aromatic carbocycles. The molecule has 124 valence electrons. The van der Waals surface area contributed by atoms with Crippen LogP contribution in [0.1, 0.15) is 29.3 Å². The molecule has 0 bridgehead atoms.